The van der Waals surface area contributed by atoms with E-state index in [0.717, 1.165) is 5.69 Å². The lowest BCUT2D eigenvalue weighted by atomic mass is 9.91. The zero-order valence-corrected chi connectivity index (χ0v) is 12.6. The number of nitrogens with zero attached hydrogens (tertiary/aromatic N) is 2. The lowest BCUT2D eigenvalue weighted by Gasteiger charge is -2.20. The first-order valence-corrected chi connectivity index (χ1v) is 6.68. The zero-order chi connectivity index (χ0) is 14.2. The molecule has 0 bridgehead atoms. The number of halogens is 2. The molecule has 1 aromatic heterocycles. The molecule has 0 radical (unpaired) electrons. The van der Waals surface area contributed by atoms with E-state index in [2.05, 4.69) is 25.9 Å². The van der Waals surface area contributed by atoms with Crippen LogP contribution in [0, 0.1) is 5.82 Å². The Morgan fingerprint density at radius 3 is 2.47 bits per heavy atom. The first-order chi connectivity index (χ1) is 8.79. The molecule has 0 unspecified atom stereocenters. The molecule has 0 amide bonds. The average Bonchev–Trinajstić information content (AvgIpc) is 2.31. The van der Waals surface area contributed by atoms with E-state index >= 15 is 0 Å². The summed E-state index contributed by atoms with van der Waals surface area (Å²) < 4.78 is 14.0. The third-order valence-electron chi connectivity index (χ3n) is 2.67. The van der Waals surface area contributed by atoms with Crippen molar-refractivity contribution < 1.29 is 4.39 Å². The summed E-state index contributed by atoms with van der Waals surface area (Å²) >= 11 is 3.41. The Morgan fingerprint density at radius 2 is 1.89 bits per heavy atom. The van der Waals surface area contributed by atoms with Gasteiger partial charge in [0.05, 0.1) is 10.2 Å². The first-order valence-electron chi connectivity index (χ1n) is 5.88. The summed E-state index contributed by atoms with van der Waals surface area (Å²) in [6, 6.07) is 6.17. The normalized spacial score (nSPS) is 11.6. The second-order valence-electron chi connectivity index (χ2n) is 5.36. The second kappa shape index (κ2) is 4.89. The Balaban J connectivity index is 2.63. The second-order valence-corrected chi connectivity index (χ2v) is 6.15. The predicted octanol–water partition coefficient (Wildman–Crippen LogP) is 3.92. The summed E-state index contributed by atoms with van der Waals surface area (Å²) in [6.07, 6.45) is 0. The molecular formula is C14H15BrFN3. The molecule has 1 heterocycles. The first kappa shape index (κ1) is 13.9. The predicted molar refractivity (Wildman–Crippen MR) is 78.2 cm³/mol. The van der Waals surface area contributed by atoms with Gasteiger partial charge in [0.2, 0.25) is 0 Å². The van der Waals surface area contributed by atoms with Gasteiger partial charge in [-0.2, -0.15) is 0 Å². The van der Waals surface area contributed by atoms with Gasteiger partial charge < -0.3 is 5.73 Å². The van der Waals surface area contributed by atoms with Crippen LogP contribution < -0.4 is 5.73 Å². The largest absolute Gasteiger partial charge is 0.383 e. The van der Waals surface area contributed by atoms with Crippen LogP contribution in [0.25, 0.3) is 11.4 Å². The molecule has 0 saturated carbocycles. The fourth-order valence-corrected chi connectivity index (χ4v) is 2.49. The summed E-state index contributed by atoms with van der Waals surface area (Å²) in [6.45, 7) is 6.11. The van der Waals surface area contributed by atoms with Crippen LogP contribution in [0.15, 0.2) is 28.7 Å². The lowest BCUT2D eigenvalue weighted by Crippen LogP contribution is -2.17. The van der Waals surface area contributed by atoms with E-state index in [9.17, 15) is 4.39 Å². The summed E-state index contributed by atoms with van der Waals surface area (Å²) in [4.78, 5) is 8.72. The van der Waals surface area contributed by atoms with Crippen molar-refractivity contribution >= 4 is 21.7 Å². The smallest absolute Gasteiger partial charge is 0.161 e. The lowest BCUT2D eigenvalue weighted by molar-refractivity contribution is 0.564. The Hall–Kier alpha value is -1.49. The van der Waals surface area contributed by atoms with Crippen molar-refractivity contribution in [3.05, 3.63) is 40.2 Å². The molecule has 0 atom stereocenters. The van der Waals surface area contributed by atoms with E-state index < -0.39 is 0 Å². The van der Waals surface area contributed by atoms with Crippen LogP contribution in [0.3, 0.4) is 0 Å². The Bertz CT molecular complexity index is 621. The highest BCUT2D eigenvalue weighted by Gasteiger charge is 2.22. The van der Waals surface area contributed by atoms with Crippen molar-refractivity contribution in [3.8, 4) is 11.4 Å². The van der Waals surface area contributed by atoms with Crippen molar-refractivity contribution in [3.63, 3.8) is 0 Å². The molecule has 1 aromatic carbocycles. The molecule has 2 rings (SSSR count). The molecule has 2 N–H and O–H groups in total. The molecule has 0 aliphatic rings. The van der Waals surface area contributed by atoms with E-state index in [1.54, 1.807) is 12.1 Å². The fourth-order valence-electron chi connectivity index (χ4n) is 1.72. The highest BCUT2D eigenvalue weighted by atomic mass is 79.9. The van der Waals surface area contributed by atoms with Crippen molar-refractivity contribution in [2.75, 3.05) is 5.73 Å². The summed E-state index contributed by atoms with van der Waals surface area (Å²) in [5.74, 6) is 0.476. The number of rotatable bonds is 1. The minimum atomic E-state index is -0.320. The molecular weight excluding hydrogens is 309 g/mol. The number of benzene rings is 1. The van der Waals surface area contributed by atoms with Gasteiger partial charge in [0.25, 0.3) is 0 Å². The maximum atomic E-state index is 13.3. The van der Waals surface area contributed by atoms with Crippen LogP contribution in [0.5, 0.6) is 0 Å². The number of nitrogen functional groups attached to an aromatic ring is 1. The van der Waals surface area contributed by atoms with E-state index in [1.807, 2.05) is 20.8 Å². The fraction of sp³-hybridized carbons (Fsp3) is 0.286. The Labute approximate surface area is 120 Å². The molecule has 0 aliphatic heterocycles. The average molecular weight is 324 g/mol. The van der Waals surface area contributed by atoms with E-state index in [1.165, 1.54) is 12.1 Å². The van der Waals surface area contributed by atoms with Crippen molar-refractivity contribution in [1.29, 1.82) is 0 Å². The van der Waals surface area contributed by atoms with Crippen molar-refractivity contribution in [2.45, 2.75) is 26.2 Å². The van der Waals surface area contributed by atoms with Gasteiger partial charge in [-0.15, -0.1) is 0 Å². The Kier molecular flexibility index (Phi) is 3.58. The zero-order valence-electron chi connectivity index (χ0n) is 11.0. The molecule has 0 spiro atoms. The van der Waals surface area contributed by atoms with Crippen LogP contribution in [0.4, 0.5) is 10.2 Å². The van der Waals surface area contributed by atoms with Crippen LogP contribution in [0.2, 0.25) is 0 Å². The SMILES string of the molecule is CC(C)(C)c1nc(-c2cccc(F)c2)nc(N)c1Br. The highest BCUT2D eigenvalue weighted by molar-refractivity contribution is 9.10. The highest BCUT2D eigenvalue weighted by Crippen LogP contribution is 2.33. The standard InChI is InChI=1S/C14H15BrFN3/c1-14(2,3)11-10(15)12(17)19-13(18-11)8-5-4-6-9(16)7-8/h4-7H,1-3H3,(H2,17,18,19). The minimum absolute atomic E-state index is 0.183. The summed E-state index contributed by atoms with van der Waals surface area (Å²) in [5, 5.41) is 0. The number of anilines is 1. The number of hydrogen-bond donors (Lipinski definition) is 1. The summed E-state index contributed by atoms with van der Waals surface area (Å²) in [7, 11) is 0. The van der Waals surface area contributed by atoms with Gasteiger partial charge in [0.1, 0.15) is 11.6 Å². The van der Waals surface area contributed by atoms with Crippen LogP contribution in [-0.2, 0) is 5.41 Å². The van der Waals surface area contributed by atoms with Crippen molar-refractivity contribution in [2.24, 2.45) is 0 Å². The molecule has 0 fully saturated rings. The van der Waals surface area contributed by atoms with E-state index in [0.29, 0.717) is 21.7 Å². The molecule has 0 aliphatic carbocycles. The van der Waals surface area contributed by atoms with Crippen LogP contribution in [0.1, 0.15) is 26.5 Å². The van der Waals surface area contributed by atoms with Gasteiger partial charge >= 0.3 is 0 Å². The van der Waals surface area contributed by atoms with Gasteiger partial charge in [-0.1, -0.05) is 32.9 Å². The summed E-state index contributed by atoms with van der Waals surface area (Å²) in [5.41, 5.74) is 7.14. The number of nitrogens with two attached hydrogens (primary N) is 1. The van der Waals surface area contributed by atoms with Gasteiger partial charge in [-0.05, 0) is 28.1 Å². The molecule has 100 valence electrons. The monoisotopic (exact) mass is 323 g/mol. The molecule has 0 saturated heterocycles. The topological polar surface area (TPSA) is 51.8 Å². The minimum Gasteiger partial charge on any atom is -0.383 e. The van der Waals surface area contributed by atoms with Gasteiger partial charge in [-0.25, -0.2) is 14.4 Å². The number of hydrogen-bond acceptors (Lipinski definition) is 3. The van der Waals surface area contributed by atoms with Crippen LogP contribution in [-0.4, -0.2) is 9.97 Å². The quantitative estimate of drug-likeness (QED) is 0.865. The third-order valence-corrected chi connectivity index (χ3v) is 3.45. The van der Waals surface area contributed by atoms with Crippen LogP contribution >= 0.6 is 15.9 Å². The molecule has 2 aromatic rings. The molecule has 3 nitrogen and oxygen atoms in total. The van der Waals surface area contributed by atoms with Gasteiger partial charge in [0, 0.05) is 11.0 Å². The van der Waals surface area contributed by atoms with Gasteiger partial charge in [0.15, 0.2) is 5.82 Å². The Morgan fingerprint density at radius 1 is 1.21 bits per heavy atom. The number of aromatic nitrogens is 2. The van der Waals surface area contributed by atoms with Crippen molar-refractivity contribution in [1.82, 2.24) is 9.97 Å². The van der Waals surface area contributed by atoms with E-state index in [4.69, 9.17) is 5.73 Å². The van der Waals surface area contributed by atoms with Gasteiger partial charge in [-0.3, -0.25) is 0 Å². The third kappa shape index (κ3) is 2.92. The molecule has 19 heavy (non-hydrogen) atoms. The molecule has 5 heteroatoms. The maximum Gasteiger partial charge on any atom is 0.161 e. The maximum absolute atomic E-state index is 13.3. The van der Waals surface area contributed by atoms with E-state index in [-0.39, 0.29) is 11.2 Å².